The number of anilines is 1. The molecule has 4 rings (SSSR count). The molecule has 1 saturated heterocycles. The number of amides is 2. The maximum Gasteiger partial charge on any atom is 0.349 e. The molecule has 0 bridgehead atoms. The Balaban J connectivity index is 0.000000317. The van der Waals surface area contributed by atoms with Gasteiger partial charge in [-0.3, -0.25) is 14.2 Å². The second-order valence-electron chi connectivity index (χ2n) is 11.4. The fraction of sp³-hybridized carbons (Fsp3) is 0.786. The molecule has 2 heterocycles. The van der Waals surface area contributed by atoms with E-state index in [1.807, 2.05) is 19.3 Å². The summed E-state index contributed by atoms with van der Waals surface area (Å²) in [5, 5.41) is 0. The molecular formula is C28H50FN7O3. The number of nitrogens with zero attached hydrogens (tertiary/aromatic N) is 5. The Kier molecular flexibility index (Phi) is 13.9. The lowest BCUT2D eigenvalue weighted by Gasteiger charge is -2.38. The maximum atomic E-state index is 12.4. The van der Waals surface area contributed by atoms with Gasteiger partial charge in [-0.25, -0.2) is 9.18 Å². The average molecular weight is 552 g/mol. The van der Waals surface area contributed by atoms with Gasteiger partial charge in [0.05, 0.1) is 5.54 Å². The Labute approximate surface area is 232 Å². The molecule has 4 N–H and O–H groups in total. The van der Waals surface area contributed by atoms with E-state index >= 15 is 0 Å². The zero-order valence-corrected chi connectivity index (χ0v) is 24.2. The van der Waals surface area contributed by atoms with Crippen molar-refractivity contribution in [1.82, 2.24) is 19.4 Å². The third kappa shape index (κ3) is 10.5. The fourth-order valence-electron chi connectivity index (χ4n) is 5.60. The predicted molar refractivity (Wildman–Crippen MR) is 153 cm³/mol. The average Bonchev–Trinajstić information content (AvgIpc) is 2.94. The zero-order valence-electron chi connectivity index (χ0n) is 24.2. The SMILES string of the molecule is CC(C)(N)C(=O)N1CCN(c2ccn(C3CCCCC3)c(=O)n2)CC1.CN(CCF)C1CCCCC1.NC=O. The van der Waals surface area contributed by atoms with E-state index in [9.17, 15) is 14.0 Å². The van der Waals surface area contributed by atoms with Gasteiger partial charge in [0.15, 0.2) is 0 Å². The summed E-state index contributed by atoms with van der Waals surface area (Å²) < 4.78 is 13.7. The minimum absolute atomic E-state index is 0.0344. The van der Waals surface area contributed by atoms with E-state index in [2.05, 4.69) is 20.5 Å². The quantitative estimate of drug-likeness (QED) is 0.519. The van der Waals surface area contributed by atoms with E-state index in [-0.39, 0.29) is 24.7 Å². The van der Waals surface area contributed by atoms with Gasteiger partial charge in [0.2, 0.25) is 12.3 Å². The number of hydrogen-bond donors (Lipinski definition) is 2. The number of primary amides is 1. The van der Waals surface area contributed by atoms with Gasteiger partial charge in [0, 0.05) is 51.0 Å². The van der Waals surface area contributed by atoms with Crippen molar-refractivity contribution in [1.29, 1.82) is 0 Å². The van der Waals surface area contributed by atoms with Crippen molar-refractivity contribution >= 4 is 18.1 Å². The normalized spacial score (nSPS) is 19.0. The van der Waals surface area contributed by atoms with E-state index in [4.69, 9.17) is 10.5 Å². The molecule has 0 radical (unpaired) electrons. The van der Waals surface area contributed by atoms with Crippen LogP contribution in [0.2, 0.25) is 0 Å². The van der Waals surface area contributed by atoms with Crippen LogP contribution in [0.15, 0.2) is 17.1 Å². The number of carbonyl (C=O) groups is 2. The van der Waals surface area contributed by atoms with Crippen molar-refractivity contribution < 1.29 is 14.0 Å². The van der Waals surface area contributed by atoms with E-state index in [0.717, 1.165) is 12.8 Å². The zero-order chi connectivity index (χ0) is 28.8. The van der Waals surface area contributed by atoms with Gasteiger partial charge < -0.3 is 26.2 Å². The van der Waals surface area contributed by atoms with Gasteiger partial charge in [0.1, 0.15) is 12.5 Å². The summed E-state index contributed by atoms with van der Waals surface area (Å²) in [6, 6.07) is 2.89. The van der Waals surface area contributed by atoms with Crippen molar-refractivity contribution in [2.24, 2.45) is 11.5 Å². The van der Waals surface area contributed by atoms with Crippen LogP contribution in [0.5, 0.6) is 0 Å². The Morgan fingerprint density at radius 3 is 2.10 bits per heavy atom. The molecule has 2 amide bonds. The van der Waals surface area contributed by atoms with Crippen LogP contribution in [-0.2, 0) is 9.59 Å². The Bertz CT molecular complexity index is 916. The Morgan fingerprint density at radius 2 is 1.62 bits per heavy atom. The van der Waals surface area contributed by atoms with Crippen LogP contribution in [0, 0.1) is 0 Å². The van der Waals surface area contributed by atoms with Crippen LogP contribution in [0.25, 0.3) is 0 Å². The van der Waals surface area contributed by atoms with Crippen molar-refractivity contribution in [2.75, 3.05) is 51.3 Å². The molecule has 39 heavy (non-hydrogen) atoms. The van der Waals surface area contributed by atoms with Crippen molar-refractivity contribution in [3.63, 3.8) is 0 Å². The lowest BCUT2D eigenvalue weighted by molar-refractivity contribution is -0.136. The van der Waals surface area contributed by atoms with Gasteiger partial charge in [-0.15, -0.1) is 0 Å². The minimum atomic E-state index is -0.846. The highest BCUT2D eigenvalue weighted by Gasteiger charge is 2.30. The third-order valence-electron chi connectivity index (χ3n) is 7.86. The molecule has 0 aromatic carbocycles. The number of nitrogens with two attached hydrogens (primary N) is 2. The molecule has 1 aromatic rings. The fourth-order valence-corrected chi connectivity index (χ4v) is 5.60. The topological polar surface area (TPSA) is 131 Å². The number of piperazine rings is 1. The monoisotopic (exact) mass is 551 g/mol. The largest absolute Gasteiger partial charge is 0.372 e. The van der Waals surface area contributed by atoms with Crippen LogP contribution in [-0.4, -0.2) is 89.7 Å². The number of aromatic nitrogens is 2. The molecule has 0 spiro atoms. The number of halogens is 1. The number of hydrogen-bond acceptors (Lipinski definition) is 7. The molecule has 1 aromatic heterocycles. The highest BCUT2D eigenvalue weighted by Crippen LogP contribution is 2.27. The van der Waals surface area contributed by atoms with Crippen LogP contribution in [0.3, 0.4) is 0 Å². The molecule has 2 saturated carbocycles. The summed E-state index contributed by atoms with van der Waals surface area (Å²) in [7, 11) is 2.04. The van der Waals surface area contributed by atoms with E-state index in [1.54, 1.807) is 23.3 Å². The maximum absolute atomic E-state index is 12.4. The first-order chi connectivity index (χ1) is 18.6. The second-order valence-corrected chi connectivity index (χ2v) is 11.4. The van der Waals surface area contributed by atoms with Crippen molar-refractivity contribution in [3.8, 4) is 0 Å². The molecule has 2 aliphatic carbocycles. The predicted octanol–water partition coefficient (Wildman–Crippen LogP) is 2.46. The molecule has 0 unspecified atom stereocenters. The molecule has 10 nitrogen and oxygen atoms in total. The van der Waals surface area contributed by atoms with Crippen LogP contribution in [0.1, 0.15) is 84.1 Å². The number of alkyl halides is 1. The Hall–Kier alpha value is -2.53. The minimum Gasteiger partial charge on any atom is -0.372 e. The standard InChI is InChI=1S/C18H29N5O2.C9H18FN.CH3NO/c1-18(2,19)16(24)22-12-10-21(11-13-22)15-8-9-23(17(25)20-15)14-6-4-3-5-7-14;1-11(8-7-10)9-5-3-2-4-6-9;2-1-3/h8-9,14H,3-7,10-13,19H2,1-2H3;9H,2-8H2,1H3;1H,(H2,2,3). The van der Waals surface area contributed by atoms with E-state index < -0.39 is 5.54 Å². The molecule has 0 atom stereocenters. The first kappa shape index (κ1) is 32.7. The Morgan fingerprint density at radius 1 is 1.08 bits per heavy atom. The highest BCUT2D eigenvalue weighted by molar-refractivity contribution is 5.85. The first-order valence-electron chi connectivity index (χ1n) is 14.5. The van der Waals surface area contributed by atoms with Crippen LogP contribution >= 0.6 is 0 Å². The van der Waals surface area contributed by atoms with E-state index in [0.29, 0.717) is 50.6 Å². The van der Waals surface area contributed by atoms with Gasteiger partial charge in [0.25, 0.3) is 0 Å². The summed E-state index contributed by atoms with van der Waals surface area (Å²) in [4.78, 5) is 43.6. The van der Waals surface area contributed by atoms with Gasteiger partial charge >= 0.3 is 5.69 Å². The molecule has 3 fully saturated rings. The van der Waals surface area contributed by atoms with Crippen LogP contribution in [0.4, 0.5) is 10.2 Å². The second kappa shape index (κ2) is 16.5. The molecule has 1 aliphatic heterocycles. The smallest absolute Gasteiger partial charge is 0.349 e. The van der Waals surface area contributed by atoms with Gasteiger partial charge in [-0.1, -0.05) is 38.5 Å². The third-order valence-corrected chi connectivity index (χ3v) is 7.86. The summed E-state index contributed by atoms with van der Waals surface area (Å²) in [5.74, 6) is 0.670. The molecule has 222 valence electrons. The summed E-state index contributed by atoms with van der Waals surface area (Å²) in [6.07, 6.45) is 14.5. The van der Waals surface area contributed by atoms with Crippen LogP contribution < -0.4 is 22.1 Å². The van der Waals surface area contributed by atoms with Gasteiger partial charge in [-0.05, 0) is 52.6 Å². The number of carbonyl (C=O) groups excluding carboxylic acids is 2. The summed E-state index contributed by atoms with van der Waals surface area (Å²) in [5.41, 5.74) is 9.06. The molecule has 3 aliphatic rings. The summed E-state index contributed by atoms with van der Waals surface area (Å²) in [6.45, 7) is 6.42. The first-order valence-corrected chi connectivity index (χ1v) is 14.5. The lowest BCUT2D eigenvalue weighted by Crippen LogP contribution is -2.57. The van der Waals surface area contributed by atoms with Crippen molar-refractivity contribution in [2.45, 2.75) is 95.7 Å². The molecule has 11 heteroatoms. The van der Waals surface area contributed by atoms with E-state index in [1.165, 1.54) is 51.4 Å². The van der Waals surface area contributed by atoms with Gasteiger partial charge in [-0.2, -0.15) is 4.98 Å². The highest BCUT2D eigenvalue weighted by atomic mass is 19.1. The van der Waals surface area contributed by atoms with Crippen molar-refractivity contribution in [3.05, 3.63) is 22.7 Å². The molecular weight excluding hydrogens is 501 g/mol. The number of rotatable bonds is 6. The lowest BCUT2D eigenvalue weighted by atomic mass is 9.94. The summed E-state index contributed by atoms with van der Waals surface area (Å²) >= 11 is 0.